The first-order valence-electron chi connectivity index (χ1n) is 5.79. The second-order valence-corrected chi connectivity index (χ2v) is 6.13. The number of rotatable bonds is 7. The maximum absolute atomic E-state index is 11.4. The maximum atomic E-state index is 11.4. The number of hydrogen-bond donors (Lipinski definition) is 2. The standard InChI is InChI=1S/C12H19ClN2OS/c1-9(2)7-15-12(16)8-14-6-5-10-3-4-11(13)17-10/h3-4,9,14H,5-8H2,1-2H3,(H,15,16). The van der Waals surface area contributed by atoms with Crippen LogP contribution in [0.15, 0.2) is 12.1 Å². The predicted molar refractivity (Wildman–Crippen MR) is 73.8 cm³/mol. The first-order chi connectivity index (χ1) is 8.08. The zero-order valence-electron chi connectivity index (χ0n) is 10.3. The summed E-state index contributed by atoms with van der Waals surface area (Å²) in [7, 11) is 0. The average molecular weight is 275 g/mol. The van der Waals surface area contributed by atoms with Crippen LogP contribution >= 0.6 is 22.9 Å². The second-order valence-electron chi connectivity index (χ2n) is 4.33. The molecule has 0 bridgehead atoms. The summed E-state index contributed by atoms with van der Waals surface area (Å²) in [4.78, 5) is 12.6. The highest BCUT2D eigenvalue weighted by Crippen LogP contribution is 2.21. The van der Waals surface area contributed by atoms with Crippen molar-refractivity contribution in [3.63, 3.8) is 0 Å². The van der Waals surface area contributed by atoms with Crippen LogP contribution < -0.4 is 10.6 Å². The molecule has 1 heterocycles. The SMILES string of the molecule is CC(C)CNC(=O)CNCCc1ccc(Cl)s1. The van der Waals surface area contributed by atoms with E-state index in [0.717, 1.165) is 23.8 Å². The van der Waals surface area contributed by atoms with Crippen molar-refractivity contribution < 1.29 is 4.79 Å². The molecule has 0 unspecified atom stereocenters. The van der Waals surface area contributed by atoms with Gasteiger partial charge in [0, 0.05) is 18.0 Å². The summed E-state index contributed by atoms with van der Waals surface area (Å²) in [6.45, 7) is 6.07. The Labute approximate surface area is 112 Å². The Hall–Kier alpha value is -0.580. The molecule has 0 spiro atoms. The van der Waals surface area contributed by atoms with Gasteiger partial charge in [0.2, 0.25) is 5.91 Å². The lowest BCUT2D eigenvalue weighted by Crippen LogP contribution is -2.36. The summed E-state index contributed by atoms with van der Waals surface area (Å²) in [5.41, 5.74) is 0. The second kappa shape index (κ2) is 7.69. The van der Waals surface area contributed by atoms with Crippen LogP contribution in [-0.2, 0) is 11.2 Å². The molecule has 0 aliphatic heterocycles. The van der Waals surface area contributed by atoms with Gasteiger partial charge in [-0.3, -0.25) is 4.79 Å². The van der Waals surface area contributed by atoms with Crippen molar-refractivity contribution >= 4 is 28.8 Å². The molecule has 1 rings (SSSR count). The Morgan fingerprint density at radius 2 is 2.24 bits per heavy atom. The summed E-state index contributed by atoms with van der Waals surface area (Å²) in [5, 5.41) is 5.98. The smallest absolute Gasteiger partial charge is 0.233 e. The van der Waals surface area contributed by atoms with Crippen molar-refractivity contribution in [2.45, 2.75) is 20.3 Å². The first-order valence-corrected chi connectivity index (χ1v) is 6.99. The molecule has 5 heteroatoms. The molecule has 0 aliphatic carbocycles. The molecule has 0 saturated carbocycles. The molecule has 1 aromatic rings. The van der Waals surface area contributed by atoms with Gasteiger partial charge in [0.1, 0.15) is 0 Å². The Balaban J connectivity index is 2.06. The minimum absolute atomic E-state index is 0.0583. The zero-order valence-corrected chi connectivity index (χ0v) is 11.8. The van der Waals surface area contributed by atoms with Crippen LogP contribution in [0.4, 0.5) is 0 Å². The highest BCUT2D eigenvalue weighted by atomic mass is 35.5. The molecule has 17 heavy (non-hydrogen) atoms. The third-order valence-corrected chi connectivity index (χ3v) is 3.46. The third-order valence-electron chi connectivity index (χ3n) is 2.17. The van der Waals surface area contributed by atoms with E-state index < -0.39 is 0 Å². The van der Waals surface area contributed by atoms with Crippen LogP contribution in [-0.4, -0.2) is 25.5 Å². The van der Waals surface area contributed by atoms with Crippen molar-refractivity contribution in [2.24, 2.45) is 5.92 Å². The lowest BCUT2D eigenvalue weighted by Gasteiger charge is -2.08. The van der Waals surface area contributed by atoms with Crippen LogP contribution in [0, 0.1) is 5.92 Å². The lowest BCUT2D eigenvalue weighted by atomic mass is 10.2. The monoisotopic (exact) mass is 274 g/mol. The van der Waals surface area contributed by atoms with Crippen LogP contribution in [0.3, 0.4) is 0 Å². The average Bonchev–Trinajstić information content (AvgIpc) is 2.68. The van der Waals surface area contributed by atoms with Crippen LogP contribution in [0.5, 0.6) is 0 Å². The van der Waals surface area contributed by atoms with Gasteiger partial charge in [-0.15, -0.1) is 11.3 Å². The molecular formula is C12H19ClN2OS. The summed E-state index contributed by atoms with van der Waals surface area (Å²) < 4.78 is 0.815. The molecule has 96 valence electrons. The van der Waals surface area contributed by atoms with Crippen molar-refractivity contribution in [3.8, 4) is 0 Å². The lowest BCUT2D eigenvalue weighted by molar-refractivity contribution is -0.120. The number of halogens is 1. The van der Waals surface area contributed by atoms with E-state index in [0.29, 0.717) is 12.5 Å². The van der Waals surface area contributed by atoms with Gasteiger partial charge in [-0.05, 0) is 24.5 Å². The highest BCUT2D eigenvalue weighted by Gasteiger charge is 2.02. The molecule has 0 fully saturated rings. The van der Waals surface area contributed by atoms with E-state index in [9.17, 15) is 4.79 Å². The van der Waals surface area contributed by atoms with Gasteiger partial charge in [0.05, 0.1) is 10.9 Å². The topological polar surface area (TPSA) is 41.1 Å². The fourth-order valence-electron chi connectivity index (χ4n) is 1.28. The van der Waals surface area contributed by atoms with E-state index in [1.807, 2.05) is 12.1 Å². The van der Waals surface area contributed by atoms with Gasteiger partial charge >= 0.3 is 0 Å². The fraction of sp³-hybridized carbons (Fsp3) is 0.583. The molecule has 1 amide bonds. The number of carbonyl (C=O) groups excluding carboxylic acids is 1. The van der Waals surface area contributed by atoms with E-state index in [-0.39, 0.29) is 5.91 Å². The molecule has 1 aromatic heterocycles. The molecule has 2 N–H and O–H groups in total. The van der Waals surface area contributed by atoms with Crippen LogP contribution in [0.25, 0.3) is 0 Å². The van der Waals surface area contributed by atoms with Gasteiger partial charge in [-0.25, -0.2) is 0 Å². The quantitative estimate of drug-likeness (QED) is 0.749. The first kappa shape index (κ1) is 14.5. The van der Waals surface area contributed by atoms with E-state index in [1.165, 1.54) is 4.88 Å². The van der Waals surface area contributed by atoms with Crippen molar-refractivity contribution in [1.29, 1.82) is 0 Å². The van der Waals surface area contributed by atoms with E-state index in [4.69, 9.17) is 11.6 Å². The number of thiophene rings is 1. The van der Waals surface area contributed by atoms with Gasteiger partial charge in [-0.2, -0.15) is 0 Å². The largest absolute Gasteiger partial charge is 0.355 e. The van der Waals surface area contributed by atoms with E-state index in [2.05, 4.69) is 24.5 Å². The Morgan fingerprint density at radius 3 is 2.82 bits per heavy atom. The summed E-state index contributed by atoms with van der Waals surface area (Å²) in [6.07, 6.45) is 0.912. The number of nitrogens with one attached hydrogen (secondary N) is 2. The maximum Gasteiger partial charge on any atom is 0.233 e. The minimum atomic E-state index is 0.0583. The molecule has 0 atom stereocenters. The number of hydrogen-bond acceptors (Lipinski definition) is 3. The Morgan fingerprint density at radius 1 is 1.47 bits per heavy atom. The minimum Gasteiger partial charge on any atom is -0.355 e. The van der Waals surface area contributed by atoms with Gasteiger partial charge in [0.25, 0.3) is 0 Å². The summed E-state index contributed by atoms with van der Waals surface area (Å²) in [6, 6.07) is 3.92. The van der Waals surface area contributed by atoms with E-state index in [1.54, 1.807) is 11.3 Å². The van der Waals surface area contributed by atoms with Crippen LogP contribution in [0.1, 0.15) is 18.7 Å². The van der Waals surface area contributed by atoms with Gasteiger partial charge < -0.3 is 10.6 Å². The molecule has 0 aromatic carbocycles. The zero-order chi connectivity index (χ0) is 12.7. The van der Waals surface area contributed by atoms with Crippen LogP contribution in [0.2, 0.25) is 4.34 Å². The van der Waals surface area contributed by atoms with Gasteiger partial charge in [0.15, 0.2) is 0 Å². The molecule has 0 aliphatic rings. The molecular weight excluding hydrogens is 256 g/mol. The van der Waals surface area contributed by atoms with Crippen molar-refractivity contribution in [2.75, 3.05) is 19.6 Å². The third kappa shape index (κ3) is 6.66. The van der Waals surface area contributed by atoms with Crippen molar-refractivity contribution in [3.05, 3.63) is 21.3 Å². The Kier molecular flexibility index (Phi) is 6.55. The number of carbonyl (C=O) groups is 1. The Bertz CT molecular complexity index is 352. The fourth-order valence-corrected chi connectivity index (χ4v) is 2.37. The highest BCUT2D eigenvalue weighted by molar-refractivity contribution is 7.16. The predicted octanol–water partition coefficient (Wildman–Crippen LogP) is 2.31. The normalized spacial score (nSPS) is 10.8. The summed E-state index contributed by atoms with van der Waals surface area (Å²) >= 11 is 7.41. The molecule has 0 saturated heterocycles. The molecule has 3 nitrogen and oxygen atoms in total. The molecule has 0 radical (unpaired) electrons. The number of amides is 1. The van der Waals surface area contributed by atoms with Gasteiger partial charge in [-0.1, -0.05) is 25.4 Å². The van der Waals surface area contributed by atoms with E-state index >= 15 is 0 Å². The summed E-state index contributed by atoms with van der Waals surface area (Å²) in [5.74, 6) is 0.551. The van der Waals surface area contributed by atoms with Crippen molar-refractivity contribution in [1.82, 2.24) is 10.6 Å².